The van der Waals surface area contributed by atoms with Gasteiger partial charge in [-0.15, -0.1) is 0 Å². The molecule has 0 saturated heterocycles. The lowest BCUT2D eigenvalue weighted by molar-refractivity contribution is 0.301. The van der Waals surface area contributed by atoms with Crippen molar-refractivity contribution in [1.82, 2.24) is 24.7 Å². The van der Waals surface area contributed by atoms with E-state index < -0.39 is 5.76 Å². The predicted molar refractivity (Wildman–Crippen MR) is 142 cm³/mol. The molecule has 0 fully saturated rings. The van der Waals surface area contributed by atoms with Gasteiger partial charge in [0.25, 0.3) is 6.01 Å². The number of hydrogen-bond donors (Lipinski definition) is 1. The number of imidazole rings is 1. The van der Waals surface area contributed by atoms with Crippen molar-refractivity contribution in [2.24, 2.45) is 0 Å². The van der Waals surface area contributed by atoms with E-state index in [1.807, 2.05) is 24.5 Å². The van der Waals surface area contributed by atoms with Crippen LogP contribution in [0.3, 0.4) is 0 Å². The number of ether oxygens (including phenoxy) is 1. The fraction of sp³-hybridized carbons (Fsp3) is 0.214. The molecule has 9 heteroatoms. The number of aryl methyl sites for hydroxylation is 2. The van der Waals surface area contributed by atoms with Gasteiger partial charge in [-0.05, 0) is 66.1 Å². The second-order valence-corrected chi connectivity index (χ2v) is 9.38. The molecule has 37 heavy (non-hydrogen) atoms. The number of rotatable bonds is 5. The average Bonchev–Trinajstić information content (AvgIpc) is 3.44. The van der Waals surface area contributed by atoms with Crippen LogP contribution < -0.4 is 10.5 Å². The van der Waals surface area contributed by atoms with Gasteiger partial charge < -0.3 is 4.74 Å². The Morgan fingerprint density at radius 2 is 1.95 bits per heavy atom. The summed E-state index contributed by atoms with van der Waals surface area (Å²) in [5, 5.41) is 4.50. The maximum atomic E-state index is 11.7. The molecular weight excluding hydrogens is 490 g/mol. The molecule has 2 aromatic carbocycles. The second-order valence-electron chi connectivity index (χ2n) is 8.97. The predicted octanol–water partition coefficient (Wildman–Crippen LogP) is 5.29. The number of fused-ring (bicyclic) bond motifs is 3. The third-order valence-electron chi connectivity index (χ3n) is 6.72. The first-order chi connectivity index (χ1) is 18.0. The number of nitrogens with one attached hydrogen (secondary N) is 1. The van der Waals surface area contributed by atoms with Crippen LogP contribution in [-0.2, 0) is 19.4 Å². The molecule has 0 bridgehead atoms. The standard InChI is InChI=1S/C28H24ClN5O3/c1-3-36-27-31-24-22(29)12-13-30-26(24)34(27)15-17-8-11-21-19(14-17)10-9-18-6-4-5-7-20(18)23(21)16(2)25-32-28(35)37-33-25/h4-8,11-14H,3,9-10,15H2,1-2H3,(H,32,33,35)/b23-16+. The van der Waals surface area contributed by atoms with Crippen LogP contribution >= 0.6 is 11.6 Å². The van der Waals surface area contributed by atoms with Crippen molar-refractivity contribution in [3.8, 4) is 6.01 Å². The van der Waals surface area contributed by atoms with E-state index in [1.54, 1.807) is 12.3 Å². The molecule has 8 nitrogen and oxygen atoms in total. The maximum Gasteiger partial charge on any atom is 0.439 e. The van der Waals surface area contributed by atoms with Crippen LogP contribution in [0.5, 0.6) is 6.01 Å². The van der Waals surface area contributed by atoms with Crippen molar-refractivity contribution < 1.29 is 9.26 Å². The van der Waals surface area contributed by atoms with Crippen molar-refractivity contribution in [1.29, 1.82) is 0 Å². The van der Waals surface area contributed by atoms with Gasteiger partial charge in [0.15, 0.2) is 11.5 Å². The SMILES string of the molecule is CCOc1nc2c(Cl)ccnc2n1Cc1ccc2c(c1)CCc1ccccc1/C2=C(/C)c1noc(=O)[nH]1. The van der Waals surface area contributed by atoms with Gasteiger partial charge in [-0.2, -0.15) is 4.98 Å². The van der Waals surface area contributed by atoms with E-state index in [-0.39, 0.29) is 0 Å². The van der Waals surface area contributed by atoms with E-state index in [0.29, 0.717) is 41.2 Å². The molecular formula is C28H24ClN5O3. The fourth-order valence-electron chi connectivity index (χ4n) is 5.04. The zero-order valence-corrected chi connectivity index (χ0v) is 21.2. The number of pyridine rings is 1. The van der Waals surface area contributed by atoms with Crippen LogP contribution in [0.2, 0.25) is 5.02 Å². The highest BCUT2D eigenvalue weighted by Crippen LogP contribution is 2.38. The van der Waals surface area contributed by atoms with Crippen LogP contribution in [0.4, 0.5) is 0 Å². The molecule has 5 aromatic rings. The lowest BCUT2D eigenvalue weighted by Gasteiger charge is -2.16. The van der Waals surface area contributed by atoms with Crippen molar-refractivity contribution in [3.05, 3.63) is 104 Å². The Morgan fingerprint density at radius 3 is 2.76 bits per heavy atom. The molecule has 186 valence electrons. The van der Waals surface area contributed by atoms with Crippen LogP contribution in [0.25, 0.3) is 22.3 Å². The minimum absolute atomic E-state index is 0.431. The highest BCUT2D eigenvalue weighted by atomic mass is 35.5. The summed E-state index contributed by atoms with van der Waals surface area (Å²) in [6.07, 6.45) is 3.45. The first-order valence-electron chi connectivity index (χ1n) is 12.1. The molecule has 1 N–H and O–H groups in total. The van der Waals surface area contributed by atoms with E-state index in [0.717, 1.165) is 40.7 Å². The Kier molecular flexibility index (Phi) is 5.88. The summed E-state index contributed by atoms with van der Waals surface area (Å²) in [7, 11) is 0. The lowest BCUT2D eigenvalue weighted by atomic mass is 9.89. The van der Waals surface area contributed by atoms with E-state index in [9.17, 15) is 4.79 Å². The largest absolute Gasteiger partial charge is 0.465 e. The zero-order chi connectivity index (χ0) is 25.5. The Bertz CT molecular complexity index is 1730. The Morgan fingerprint density at radius 1 is 1.14 bits per heavy atom. The van der Waals surface area contributed by atoms with Crippen LogP contribution in [0, 0.1) is 0 Å². The number of halogens is 1. The summed E-state index contributed by atoms with van der Waals surface area (Å²) in [6, 6.07) is 17.1. The molecule has 0 radical (unpaired) electrons. The summed E-state index contributed by atoms with van der Waals surface area (Å²) in [4.78, 5) is 23.5. The highest BCUT2D eigenvalue weighted by Gasteiger charge is 2.23. The Labute approximate surface area is 217 Å². The van der Waals surface area contributed by atoms with Crippen LogP contribution in [0.1, 0.15) is 47.5 Å². The molecule has 3 aromatic heterocycles. The number of hydrogen-bond acceptors (Lipinski definition) is 6. The fourth-order valence-corrected chi connectivity index (χ4v) is 5.22. The summed E-state index contributed by atoms with van der Waals surface area (Å²) in [6.45, 7) is 4.91. The Hall–Kier alpha value is -4.17. The molecule has 1 aliphatic carbocycles. The van der Waals surface area contributed by atoms with Gasteiger partial charge in [-0.3, -0.25) is 14.1 Å². The third kappa shape index (κ3) is 4.13. The molecule has 0 aliphatic heterocycles. The molecule has 0 spiro atoms. The monoisotopic (exact) mass is 513 g/mol. The van der Waals surface area contributed by atoms with Crippen molar-refractivity contribution >= 4 is 33.9 Å². The average molecular weight is 514 g/mol. The number of benzene rings is 2. The number of nitrogens with zero attached hydrogens (tertiary/aromatic N) is 4. The van der Waals surface area contributed by atoms with Crippen molar-refractivity contribution in [3.63, 3.8) is 0 Å². The first-order valence-corrected chi connectivity index (χ1v) is 12.5. The zero-order valence-electron chi connectivity index (χ0n) is 20.4. The minimum atomic E-state index is -0.571. The molecule has 0 amide bonds. The first kappa shape index (κ1) is 23.2. The number of allylic oxidation sites excluding steroid dienone is 1. The van der Waals surface area contributed by atoms with E-state index in [4.69, 9.17) is 20.9 Å². The topological polar surface area (TPSA) is 98.8 Å². The molecule has 1 aliphatic rings. The van der Waals surface area contributed by atoms with Gasteiger partial charge in [0.1, 0.15) is 5.52 Å². The lowest BCUT2D eigenvalue weighted by Crippen LogP contribution is -2.07. The number of aromatic amines is 1. The number of H-pyrrole nitrogens is 1. The van der Waals surface area contributed by atoms with Gasteiger partial charge in [-0.25, -0.2) is 9.78 Å². The summed E-state index contributed by atoms with van der Waals surface area (Å²) in [5.74, 6) is -0.139. The van der Waals surface area contributed by atoms with Gasteiger partial charge in [0.2, 0.25) is 0 Å². The van der Waals surface area contributed by atoms with Crippen LogP contribution in [-0.4, -0.2) is 31.3 Å². The van der Waals surface area contributed by atoms with Crippen molar-refractivity contribution in [2.75, 3.05) is 6.61 Å². The molecule has 6 rings (SSSR count). The Balaban J connectivity index is 1.48. The molecule has 0 unspecified atom stereocenters. The summed E-state index contributed by atoms with van der Waals surface area (Å²) in [5.41, 5.74) is 9.00. The quantitative estimate of drug-likeness (QED) is 0.343. The molecule has 0 atom stereocenters. The van der Waals surface area contributed by atoms with Gasteiger partial charge in [-0.1, -0.05) is 59.2 Å². The maximum absolute atomic E-state index is 11.7. The smallest absolute Gasteiger partial charge is 0.439 e. The number of aromatic nitrogens is 5. The summed E-state index contributed by atoms with van der Waals surface area (Å²) < 4.78 is 12.6. The summed E-state index contributed by atoms with van der Waals surface area (Å²) >= 11 is 6.39. The van der Waals surface area contributed by atoms with Crippen LogP contribution in [0.15, 0.2) is 64.0 Å². The van der Waals surface area contributed by atoms with E-state index in [1.165, 1.54) is 11.1 Å². The van der Waals surface area contributed by atoms with E-state index in [2.05, 4.69) is 56.5 Å². The van der Waals surface area contributed by atoms with E-state index >= 15 is 0 Å². The third-order valence-corrected chi connectivity index (χ3v) is 7.03. The molecule has 0 saturated carbocycles. The second kappa shape index (κ2) is 9.37. The van der Waals surface area contributed by atoms with Gasteiger partial charge >= 0.3 is 5.76 Å². The van der Waals surface area contributed by atoms with Gasteiger partial charge in [0, 0.05) is 11.8 Å². The minimum Gasteiger partial charge on any atom is -0.465 e. The molecule has 3 heterocycles. The van der Waals surface area contributed by atoms with Crippen molar-refractivity contribution in [2.45, 2.75) is 33.2 Å². The highest BCUT2D eigenvalue weighted by molar-refractivity contribution is 6.34. The normalized spacial score (nSPS) is 14.2. The van der Waals surface area contributed by atoms with Gasteiger partial charge in [0.05, 0.1) is 18.2 Å².